The molecule has 0 aliphatic carbocycles. The third-order valence-electron chi connectivity index (χ3n) is 3.15. The average molecular weight is 303 g/mol. The molecule has 1 amide bonds. The quantitative estimate of drug-likeness (QED) is 0.828. The molecule has 5 heteroatoms. The van der Waals surface area contributed by atoms with Crippen molar-refractivity contribution in [3.63, 3.8) is 0 Å². The highest BCUT2D eigenvalue weighted by Crippen LogP contribution is 2.27. The van der Waals surface area contributed by atoms with Crippen molar-refractivity contribution >= 4 is 34.8 Å². The van der Waals surface area contributed by atoms with Crippen LogP contribution in [-0.4, -0.2) is 37.5 Å². The van der Waals surface area contributed by atoms with Gasteiger partial charge in [-0.25, -0.2) is 0 Å². The first-order chi connectivity index (χ1) is 8.86. The number of halogens is 2. The molecule has 0 radical (unpaired) electrons. The third-order valence-corrected chi connectivity index (χ3v) is 3.89. The number of amides is 1. The highest BCUT2D eigenvalue weighted by molar-refractivity contribution is 6.42. The van der Waals surface area contributed by atoms with Crippen LogP contribution in [0.2, 0.25) is 10.0 Å². The Morgan fingerprint density at radius 1 is 1.26 bits per heavy atom. The van der Waals surface area contributed by atoms with Crippen LogP contribution in [0.15, 0.2) is 18.2 Å². The average Bonchev–Trinajstić information content (AvgIpc) is 2.38. The lowest BCUT2D eigenvalue weighted by atomic mass is 10.2. The molecule has 1 unspecified atom stereocenters. The van der Waals surface area contributed by atoms with Crippen molar-refractivity contribution in [3.8, 4) is 0 Å². The minimum absolute atomic E-state index is 0.0760. The molecule has 0 aromatic heterocycles. The second-order valence-electron chi connectivity index (χ2n) is 4.77. The van der Waals surface area contributed by atoms with Crippen molar-refractivity contribution in [2.75, 3.05) is 25.5 Å². The van der Waals surface area contributed by atoms with Crippen molar-refractivity contribution in [1.82, 2.24) is 4.90 Å². The molecule has 0 N–H and O–H groups in total. The highest BCUT2D eigenvalue weighted by atomic mass is 35.5. The van der Waals surface area contributed by atoms with Gasteiger partial charge in [-0.15, -0.1) is 0 Å². The van der Waals surface area contributed by atoms with Crippen LogP contribution in [0.3, 0.4) is 0 Å². The molecule has 3 nitrogen and oxygen atoms in total. The van der Waals surface area contributed by atoms with Gasteiger partial charge in [0.25, 0.3) is 0 Å². The van der Waals surface area contributed by atoms with E-state index in [4.69, 9.17) is 23.2 Å². The molecule has 1 aromatic rings. The molecular formula is C14H20Cl2N2O. The molecule has 0 aliphatic heterocycles. The van der Waals surface area contributed by atoms with Crippen LogP contribution in [0.25, 0.3) is 0 Å². The summed E-state index contributed by atoms with van der Waals surface area (Å²) < 4.78 is 0. The van der Waals surface area contributed by atoms with Gasteiger partial charge in [0.05, 0.1) is 10.0 Å². The summed E-state index contributed by atoms with van der Waals surface area (Å²) >= 11 is 11.9. The van der Waals surface area contributed by atoms with E-state index >= 15 is 0 Å². The minimum Gasteiger partial charge on any atom is -0.311 e. The van der Waals surface area contributed by atoms with Crippen LogP contribution in [0.4, 0.5) is 5.69 Å². The van der Waals surface area contributed by atoms with Gasteiger partial charge >= 0.3 is 0 Å². The molecule has 19 heavy (non-hydrogen) atoms. The van der Waals surface area contributed by atoms with Gasteiger partial charge in [0.2, 0.25) is 5.91 Å². The topological polar surface area (TPSA) is 23.6 Å². The Kier molecular flexibility index (Phi) is 6.11. The van der Waals surface area contributed by atoms with E-state index in [9.17, 15) is 4.79 Å². The van der Waals surface area contributed by atoms with E-state index in [0.29, 0.717) is 23.0 Å². The lowest BCUT2D eigenvalue weighted by Gasteiger charge is -2.29. The van der Waals surface area contributed by atoms with E-state index in [1.54, 1.807) is 17.0 Å². The number of carbonyl (C=O) groups is 1. The monoisotopic (exact) mass is 302 g/mol. The summed E-state index contributed by atoms with van der Waals surface area (Å²) in [6.07, 6.45) is 0.459. The van der Waals surface area contributed by atoms with Crippen LogP contribution in [0.1, 0.15) is 20.3 Å². The Labute approximate surface area is 125 Å². The zero-order valence-corrected chi connectivity index (χ0v) is 13.3. The highest BCUT2D eigenvalue weighted by Gasteiger charge is 2.18. The van der Waals surface area contributed by atoms with Gasteiger partial charge in [-0.1, -0.05) is 30.1 Å². The van der Waals surface area contributed by atoms with Crippen LogP contribution in [0.5, 0.6) is 0 Å². The maximum atomic E-state index is 12.1. The van der Waals surface area contributed by atoms with Gasteiger partial charge in [-0.2, -0.15) is 0 Å². The van der Waals surface area contributed by atoms with Gasteiger partial charge in [-0.3, -0.25) is 4.79 Å². The summed E-state index contributed by atoms with van der Waals surface area (Å²) in [6.45, 7) is 4.55. The van der Waals surface area contributed by atoms with Crippen LogP contribution < -0.4 is 4.90 Å². The minimum atomic E-state index is 0.0760. The Morgan fingerprint density at radius 3 is 2.37 bits per heavy atom. The second-order valence-corrected chi connectivity index (χ2v) is 5.58. The molecule has 0 saturated heterocycles. The summed E-state index contributed by atoms with van der Waals surface area (Å²) in [4.78, 5) is 15.9. The first kappa shape index (κ1) is 16.3. The molecule has 1 rings (SSSR count). The van der Waals surface area contributed by atoms with Crippen molar-refractivity contribution in [3.05, 3.63) is 28.2 Å². The number of benzene rings is 1. The normalized spacial score (nSPS) is 12.6. The van der Waals surface area contributed by atoms with Crippen LogP contribution in [-0.2, 0) is 4.79 Å². The van der Waals surface area contributed by atoms with Crippen molar-refractivity contribution in [2.45, 2.75) is 26.3 Å². The van der Waals surface area contributed by atoms with Gasteiger partial charge in [0.1, 0.15) is 0 Å². The zero-order valence-electron chi connectivity index (χ0n) is 11.8. The fourth-order valence-corrected chi connectivity index (χ4v) is 1.91. The van der Waals surface area contributed by atoms with Crippen LogP contribution >= 0.6 is 23.2 Å². The van der Waals surface area contributed by atoms with Crippen molar-refractivity contribution < 1.29 is 4.79 Å². The Bertz CT molecular complexity index is 449. The number of rotatable bonds is 5. The molecule has 106 valence electrons. The summed E-state index contributed by atoms with van der Waals surface area (Å²) in [5, 5.41) is 0.959. The zero-order chi connectivity index (χ0) is 14.6. The molecule has 0 heterocycles. The number of nitrogens with zero attached hydrogens (tertiary/aromatic N) is 2. The maximum Gasteiger partial charge on any atom is 0.226 e. The lowest BCUT2D eigenvalue weighted by Crippen LogP contribution is -2.41. The lowest BCUT2D eigenvalue weighted by molar-refractivity contribution is -0.118. The van der Waals surface area contributed by atoms with E-state index in [-0.39, 0.29) is 11.9 Å². The Balaban J connectivity index is 3.02. The smallest absolute Gasteiger partial charge is 0.226 e. The van der Waals surface area contributed by atoms with E-state index in [1.807, 2.05) is 27.1 Å². The molecular weight excluding hydrogens is 283 g/mol. The van der Waals surface area contributed by atoms with Crippen molar-refractivity contribution in [1.29, 1.82) is 0 Å². The summed E-state index contributed by atoms with van der Waals surface area (Å²) in [7, 11) is 3.99. The maximum absolute atomic E-state index is 12.1. The predicted molar refractivity (Wildman–Crippen MR) is 82.3 cm³/mol. The molecule has 0 aliphatic rings. The number of carbonyl (C=O) groups excluding carboxylic acids is 1. The molecule has 0 spiro atoms. The first-order valence-electron chi connectivity index (χ1n) is 6.28. The third kappa shape index (κ3) is 4.37. The summed E-state index contributed by atoms with van der Waals surface area (Å²) in [6, 6.07) is 5.53. The number of anilines is 1. The number of hydrogen-bond acceptors (Lipinski definition) is 2. The standard InChI is InChI=1S/C14H20Cl2N2O/c1-5-14(19)18(9-10(2)17(3)4)11-6-7-12(15)13(16)8-11/h6-8,10H,5,9H2,1-4H3. The molecule has 1 atom stereocenters. The van der Waals surface area contributed by atoms with E-state index < -0.39 is 0 Å². The number of hydrogen-bond donors (Lipinski definition) is 0. The van der Waals surface area contributed by atoms with E-state index in [1.165, 1.54) is 0 Å². The number of likely N-dealkylation sites (N-methyl/N-ethyl adjacent to an activating group) is 1. The molecule has 0 saturated carbocycles. The molecule has 0 fully saturated rings. The van der Waals surface area contributed by atoms with Gasteiger partial charge in [0, 0.05) is 24.7 Å². The predicted octanol–water partition coefficient (Wildman–Crippen LogP) is 3.69. The van der Waals surface area contributed by atoms with Gasteiger partial charge in [-0.05, 0) is 39.2 Å². The van der Waals surface area contributed by atoms with E-state index in [0.717, 1.165) is 5.69 Å². The Hall–Kier alpha value is -0.770. The van der Waals surface area contributed by atoms with E-state index in [2.05, 4.69) is 11.8 Å². The Morgan fingerprint density at radius 2 is 1.89 bits per heavy atom. The van der Waals surface area contributed by atoms with Gasteiger partial charge < -0.3 is 9.80 Å². The largest absolute Gasteiger partial charge is 0.311 e. The first-order valence-corrected chi connectivity index (χ1v) is 7.04. The second kappa shape index (κ2) is 7.13. The molecule has 1 aromatic carbocycles. The fraction of sp³-hybridized carbons (Fsp3) is 0.500. The van der Waals surface area contributed by atoms with Crippen molar-refractivity contribution in [2.24, 2.45) is 0 Å². The van der Waals surface area contributed by atoms with Crippen LogP contribution in [0, 0.1) is 0 Å². The SMILES string of the molecule is CCC(=O)N(CC(C)N(C)C)c1ccc(Cl)c(Cl)c1. The fourth-order valence-electron chi connectivity index (χ4n) is 1.62. The van der Waals surface area contributed by atoms with Gasteiger partial charge in [0.15, 0.2) is 0 Å². The summed E-state index contributed by atoms with van der Waals surface area (Å²) in [5.74, 6) is 0.0760. The molecule has 0 bridgehead atoms. The summed E-state index contributed by atoms with van der Waals surface area (Å²) in [5.41, 5.74) is 0.787.